The highest BCUT2D eigenvalue weighted by Gasteiger charge is 2.20. The summed E-state index contributed by atoms with van der Waals surface area (Å²) in [5.41, 5.74) is 0.569. The summed E-state index contributed by atoms with van der Waals surface area (Å²) in [4.78, 5) is 14.3. The molecule has 7 heteroatoms. The lowest BCUT2D eigenvalue weighted by Crippen LogP contribution is -2.40. The van der Waals surface area contributed by atoms with Crippen LogP contribution in [0, 0.1) is 5.92 Å². The molecule has 2 rings (SSSR count). The second-order valence-electron chi connectivity index (χ2n) is 5.45. The summed E-state index contributed by atoms with van der Waals surface area (Å²) in [6.45, 7) is 3.37. The van der Waals surface area contributed by atoms with Gasteiger partial charge in [-0.05, 0) is 63.6 Å². The van der Waals surface area contributed by atoms with Crippen LogP contribution >= 0.6 is 35.6 Å². The van der Waals surface area contributed by atoms with E-state index in [0.717, 1.165) is 38.4 Å². The van der Waals surface area contributed by atoms with E-state index in [1.165, 1.54) is 0 Å². The number of anilines is 1. The van der Waals surface area contributed by atoms with Gasteiger partial charge < -0.3 is 10.6 Å². The van der Waals surface area contributed by atoms with Crippen molar-refractivity contribution in [2.75, 3.05) is 38.5 Å². The molecule has 0 atom stereocenters. The summed E-state index contributed by atoms with van der Waals surface area (Å²) in [6.07, 6.45) is 2.26. The molecular formula is C15H22Cl3N3O. The minimum Gasteiger partial charge on any atom is -0.324 e. The lowest BCUT2D eigenvalue weighted by atomic mass is 9.97. The van der Waals surface area contributed by atoms with Crippen molar-refractivity contribution in [3.05, 3.63) is 28.2 Å². The van der Waals surface area contributed by atoms with Crippen LogP contribution in [0.25, 0.3) is 0 Å². The summed E-state index contributed by atoms with van der Waals surface area (Å²) in [7, 11) is 1.98. The Morgan fingerprint density at radius 2 is 2.00 bits per heavy atom. The van der Waals surface area contributed by atoms with Crippen molar-refractivity contribution in [3.8, 4) is 0 Å². The van der Waals surface area contributed by atoms with Gasteiger partial charge in [-0.2, -0.15) is 0 Å². The van der Waals surface area contributed by atoms with Gasteiger partial charge in [-0.3, -0.25) is 9.69 Å². The summed E-state index contributed by atoms with van der Waals surface area (Å²) in [5, 5.41) is 7.10. The molecule has 124 valence electrons. The summed E-state index contributed by atoms with van der Waals surface area (Å²) in [5.74, 6) is 0.669. The number of likely N-dealkylation sites (tertiary alicyclic amines) is 1. The maximum absolute atomic E-state index is 12.1. The Labute approximate surface area is 147 Å². The quantitative estimate of drug-likeness (QED) is 0.840. The van der Waals surface area contributed by atoms with Gasteiger partial charge in [0.05, 0.1) is 17.3 Å². The number of carbonyl (C=O) groups is 1. The number of hydrogen-bond donors (Lipinski definition) is 2. The molecule has 0 spiro atoms. The third-order valence-corrected chi connectivity index (χ3v) is 4.33. The average Bonchev–Trinajstić information content (AvgIpc) is 2.45. The Morgan fingerprint density at radius 3 is 2.64 bits per heavy atom. The Bertz CT molecular complexity index is 491. The van der Waals surface area contributed by atoms with Crippen LogP contribution in [0.4, 0.5) is 5.69 Å². The lowest BCUT2D eigenvalue weighted by molar-refractivity contribution is -0.117. The molecule has 1 fully saturated rings. The number of amides is 1. The highest BCUT2D eigenvalue weighted by molar-refractivity contribution is 6.35. The molecule has 1 aliphatic rings. The van der Waals surface area contributed by atoms with E-state index in [0.29, 0.717) is 22.3 Å². The van der Waals surface area contributed by atoms with E-state index >= 15 is 0 Å². The van der Waals surface area contributed by atoms with Crippen molar-refractivity contribution in [2.45, 2.75) is 12.8 Å². The molecule has 1 saturated heterocycles. The number of carbonyl (C=O) groups excluding carboxylic acids is 1. The highest BCUT2D eigenvalue weighted by atomic mass is 35.5. The van der Waals surface area contributed by atoms with Crippen LogP contribution in [0.2, 0.25) is 10.0 Å². The Morgan fingerprint density at radius 1 is 1.32 bits per heavy atom. The standard InChI is InChI=1S/C15H21Cl2N3O.ClH/c1-18-9-11-4-6-20(7-5-11)10-15(21)19-14-8-12(16)2-3-13(14)17;/h2-3,8,11,18H,4-7,9-10H2,1H3,(H,19,21);1H. The highest BCUT2D eigenvalue weighted by Crippen LogP contribution is 2.25. The van der Waals surface area contributed by atoms with E-state index in [1.54, 1.807) is 18.2 Å². The molecule has 2 N–H and O–H groups in total. The van der Waals surface area contributed by atoms with Crippen LogP contribution in [0.3, 0.4) is 0 Å². The summed E-state index contributed by atoms with van der Waals surface area (Å²) < 4.78 is 0. The Hall–Kier alpha value is -0.520. The van der Waals surface area contributed by atoms with Gasteiger partial charge in [0.2, 0.25) is 5.91 Å². The topological polar surface area (TPSA) is 44.4 Å². The number of nitrogens with one attached hydrogen (secondary N) is 2. The maximum atomic E-state index is 12.1. The van der Waals surface area contributed by atoms with Gasteiger partial charge >= 0.3 is 0 Å². The third-order valence-electron chi connectivity index (χ3n) is 3.77. The van der Waals surface area contributed by atoms with Crippen molar-refractivity contribution >= 4 is 47.2 Å². The van der Waals surface area contributed by atoms with Gasteiger partial charge in [0.15, 0.2) is 0 Å². The zero-order chi connectivity index (χ0) is 15.2. The third kappa shape index (κ3) is 5.94. The fourth-order valence-electron chi connectivity index (χ4n) is 2.62. The van der Waals surface area contributed by atoms with Crippen LogP contribution in [0.1, 0.15) is 12.8 Å². The molecule has 0 aromatic heterocycles. The van der Waals surface area contributed by atoms with Crippen LogP contribution < -0.4 is 10.6 Å². The number of hydrogen-bond acceptors (Lipinski definition) is 3. The number of halogens is 3. The predicted octanol–water partition coefficient (Wildman–Crippen LogP) is 3.29. The van der Waals surface area contributed by atoms with E-state index in [2.05, 4.69) is 15.5 Å². The first kappa shape index (κ1) is 19.5. The SMILES string of the molecule is CNCC1CCN(CC(=O)Nc2cc(Cl)ccc2Cl)CC1.Cl. The zero-order valence-corrected chi connectivity index (χ0v) is 14.9. The van der Waals surface area contributed by atoms with E-state index < -0.39 is 0 Å². The summed E-state index contributed by atoms with van der Waals surface area (Å²) in [6, 6.07) is 5.05. The van der Waals surface area contributed by atoms with Crippen molar-refractivity contribution in [1.82, 2.24) is 10.2 Å². The van der Waals surface area contributed by atoms with Crippen molar-refractivity contribution in [1.29, 1.82) is 0 Å². The normalized spacial score (nSPS) is 16.1. The molecule has 1 amide bonds. The van der Waals surface area contributed by atoms with E-state index in [1.807, 2.05) is 7.05 Å². The fraction of sp³-hybridized carbons (Fsp3) is 0.533. The molecule has 0 radical (unpaired) electrons. The van der Waals surface area contributed by atoms with Gasteiger partial charge in [0.25, 0.3) is 0 Å². The molecule has 22 heavy (non-hydrogen) atoms. The van der Waals surface area contributed by atoms with Crippen molar-refractivity contribution in [3.63, 3.8) is 0 Å². The second kappa shape index (κ2) is 9.58. The van der Waals surface area contributed by atoms with Crippen molar-refractivity contribution < 1.29 is 4.79 Å². The van der Waals surface area contributed by atoms with Gasteiger partial charge in [0, 0.05) is 5.02 Å². The first-order valence-corrected chi connectivity index (χ1v) is 7.96. The molecule has 1 aliphatic heterocycles. The zero-order valence-electron chi connectivity index (χ0n) is 12.6. The number of benzene rings is 1. The number of nitrogens with zero attached hydrogens (tertiary/aromatic N) is 1. The fourth-order valence-corrected chi connectivity index (χ4v) is 2.96. The van der Waals surface area contributed by atoms with E-state index in [9.17, 15) is 4.79 Å². The van der Waals surface area contributed by atoms with Crippen molar-refractivity contribution in [2.24, 2.45) is 5.92 Å². The molecular weight excluding hydrogens is 345 g/mol. The molecule has 0 unspecified atom stereocenters. The Kier molecular flexibility index (Phi) is 8.50. The molecule has 1 heterocycles. The number of rotatable bonds is 5. The van der Waals surface area contributed by atoms with Gasteiger partial charge in [-0.15, -0.1) is 12.4 Å². The summed E-state index contributed by atoms with van der Waals surface area (Å²) >= 11 is 12.0. The van der Waals surface area contributed by atoms with E-state index in [4.69, 9.17) is 23.2 Å². The van der Waals surface area contributed by atoms with Gasteiger partial charge in [-0.1, -0.05) is 23.2 Å². The molecule has 4 nitrogen and oxygen atoms in total. The lowest BCUT2D eigenvalue weighted by Gasteiger charge is -2.31. The largest absolute Gasteiger partial charge is 0.324 e. The van der Waals surface area contributed by atoms with Gasteiger partial charge in [0.1, 0.15) is 0 Å². The molecule has 1 aromatic carbocycles. The van der Waals surface area contributed by atoms with E-state index in [-0.39, 0.29) is 18.3 Å². The van der Waals surface area contributed by atoms with Crippen LogP contribution in [0.5, 0.6) is 0 Å². The van der Waals surface area contributed by atoms with Crippen LogP contribution in [-0.4, -0.2) is 44.0 Å². The second-order valence-corrected chi connectivity index (χ2v) is 6.29. The first-order valence-electron chi connectivity index (χ1n) is 7.20. The van der Waals surface area contributed by atoms with Crippen LogP contribution in [0.15, 0.2) is 18.2 Å². The first-order chi connectivity index (χ1) is 10.1. The molecule has 1 aromatic rings. The maximum Gasteiger partial charge on any atom is 0.238 e. The minimum absolute atomic E-state index is 0. The van der Waals surface area contributed by atoms with Gasteiger partial charge in [-0.25, -0.2) is 0 Å². The van der Waals surface area contributed by atoms with Crippen LogP contribution in [-0.2, 0) is 4.79 Å². The molecule has 0 aliphatic carbocycles. The average molecular weight is 367 g/mol. The molecule has 0 saturated carbocycles. The predicted molar refractivity (Wildman–Crippen MR) is 95.4 cm³/mol. The molecule has 0 bridgehead atoms. The monoisotopic (exact) mass is 365 g/mol. The number of piperidine rings is 1. The Balaban J connectivity index is 0.00000242. The minimum atomic E-state index is -0.0498. The smallest absolute Gasteiger partial charge is 0.238 e.